The molecule has 0 unspecified atom stereocenters. The summed E-state index contributed by atoms with van der Waals surface area (Å²) in [6.07, 6.45) is 0.395. The number of anilines is 1. The van der Waals surface area contributed by atoms with Crippen LogP contribution in [0.25, 0.3) is 0 Å². The normalized spacial score (nSPS) is 14.0. The van der Waals surface area contributed by atoms with Gasteiger partial charge in [0.1, 0.15) is 0 Å². The maximum absolute atomic E-state index is 11.9. The summed E-state index contributed by atoms with van der Waals surface area (Å²) in [5, 5.41) is 2.85. The molecule has 1 heterocycles. The zero-order chi connectivity index (χ0) is 13.3. The molecule has 0 bridgehead atoms. The van der Waals surface area contributed by atoms with Crippen molar-refractivity contribution in [2.75, 3.05) is 11.4 Å². The Morgan fingerprint density at radius 3 is 2.78 bits per heavy atom. The van der Waals surface area contributed by atoms with E-state index in [1.165, 1.54) is 0 Å². The highest BCUT2D eigenvalue weighted by atomic mass is 16.2. The molecule has 1 N–H and O–H groups in total. The van der Waals surface area contributed by atoms with Gasteiger partial charge in [0.25, 0.3) is 5.91 Å². The van der Waals surface area contributed by atoms with Crippen LogP contribution in [0.15, 0.2) is 18.2 Å². The van der Waals surface area contributed by atoms with E-state index in [2.05, 4.69) is 5.32 Å². The van der Waals surface area contributed by atoms with Gasteiger partial charge in [-0.05, 0) is 44.5 Å². The molecule has 0 radical (unpaired) electrons. The number of fused-ring (bicyclic) bond motifs is 1. The van der Waals surface area contributed by atoms with E-state index in [1.807, 2.05) is 32.9 Å². The number of hydrogen-bond acceptors (Lipinski definition) is 2. The third-order valence-electron chi connectivity index (χ3n) is 3.01. The molecule has 1 aliphatic rings. The molecule has 2 amide bonds. The van der Waals surface area contributed by atoms with Crippen LogP contribution in [0.4, 0.5) is 5.69 Å². The predicted octanol–water partition coefficient (Wildman–Crippen LogP) is 1.73. The summed E-state index contributed by atoms with van der Waals surface area (Å²) in [6.45, 7) is 6.47. The fourth-order valence-electron chi connectivity index (χ4n) is 2.22. The van der Waals surface area contributed by atoms with Gasteiger partial charge in [0.05, 0.1) is 6.42 Å². The van der Waals surface area contributed by atoms with Crippen molar-refractivity contribution in [1.29, 1.82) is 0 Å². The minimum Gasteiger partial charge on any atom is -0.350 e. The molecule has 0 atom stereocenters. The standard InChI is InChI=1S/C14H18N2O2/c1-4-16-12-6-5-10(14(18)15-9(2)3)7-11(12)8-13(16)17/h5-7,9H,4,8H2,1-3H3,(H,15,18). The first-order chi connectivity index (χ1) is 8.52. The Bertz CT molecular complexity index is 495. The lowest BCUT2D eigenvalue weighted by atomic mass is 10.1. The highest BCUT2D eigenvalue weighted by Gasteiger charge is 2.26. The summed E-state index contributed by atoms with van der Waals surface area (Å²) in [5.41, 5.74) is 2.50. The average molecular weight is 246 g/mol. The smallest absolute Gasteiger partial charge is 0.251 e. The van der Waals surface area contributed by atoms with Crippen LogP contribution in [0.2, 0.25) is 0 Å². The van der Waals surface area contributed by atoms with E-state index >= 15 is 0 Å². The fraction of sp³-hybridized carbons (Fsp3) is 0.429. The van der Waals surface area contributed by atoms with Crippen molar-refractivity contribution in [1.82, 2.24) is 5.32 Å². The summed E-state index contributed by atoms with van der Waals surface area (Å²) in [5.74, 6) is 0.0177. The molecule has 0 saturated carbocycles. The number of benzene rings is 1. The van der Waals surface area contributed by atoms with Gasteiger partial charge in [-0.2, -0.15) is 0 Å². The summed E-state index contributed by atoms with van der Waals surface area (Å²) in [6, 6.07) is 5.57. The molecule has 0 aliphatic carbocycles. The number of amides is 2. The van der Waals surface area contributed by atoms with Crippen LogP contribution in [-0.4, -0.2) is 24.4 Å². The van der Waals surface area contributed by atoms with Gasteiger partial charge in [0.15, 0.2) is 0 Å². The van der Waals surface area contributed by atoms with Crippen molar-refractivity contribution in [3.8, 4) is 0 Å². The van der Waals surface area contributed by atoms with E-state index in [9.17, 15) is 9.59 Å². The second-order valence-electron chi connectivity index (χ2n) is 4.79. The monoisotopic (exact) mass is 246 g/mol. The lowest BCUT2D eigenvalue weighted by molar-refractivity contribution is -0.117. The topological polar surface area (TPSA) is 49.4 Å². The van der Waals surface area contributed by atoms with Crippen molar-refractivity contribution >= 4 is 17.5 Å². The second-order valence-corrected chi connectivity index (χ2v) is 4.79. The molecule has 1 aromatic rings. The van der Waals surface area contributed by atoms with E-state index in [-0.39, 0.29) is 17.9 Å². The number of likely N-dealkylation sites (N-methyl/N-ethyl adjacent to an activating group) is 1. The van der Waals surface area contributed by atoms with Crippen LogP contribution in [-0.2, 0) is 11.2 Å². The second kappa shape index (κ2) is 4.80. The van der Waals surface area contributed by atoms with Gasteiger partial charge in [0, 0.05) is 23.8 Å². The number of nitrogens with zero attached hydrogens (tertiary/aromatic N) is 1. The summed E-state index contributed by atoms with van der Waals surface area (Å²) >= 11 is 0. The van der Waals surface area contributed by atoms with Gasteiger partial charge in [0.2, 0.25) is 5.91 Å². The van der Waals surface area contributed by atoms with Crippen molar-refractivity contribution < 1.29 is 9.59 Å². The maximum atomic E-state index is 11.9. The highest BCUT2D eigenvalue weighted by molar-refractivity contribution is 6.03. The molecule has 18 heavy (non-hydrogen) atoms. The molecule has 1 aliphatic heterocycles. The number of carbonyl (C=O) groups is 2. The Kier molecular flexibility index (Phi) is 3.36. The third kappa shape index (κ3) is 2.23. The number of carbonyl (C=O) groups excluding carboxylic acids is 2. The quantitative estimate of drug-likeness (QED) is 0.883. The Balaban J connectivity index is 2.27. The third-order valence-corrected chi connectivity index (χ3v) is 3.01. The summed E-state index contributed by atoms with van der Waals surface area (Å²) in [7, 11) is 0. The molecule has 0 spiro atoms. The average Bonchev–Trinajstić information content (AvgIpc) is 2.62. The van der Waals surface area contributed by atoms with Crippen LogP contribution >= 0.6 is 0 Å². The Hall–Kier alpha value is -1.84. The first-order valence-electron chi connectivity index (χ1n) is 6.27. The molecular formula is C14H18N2O2. The minimum atomic E-state index is -0.0878. The molecule has 4 nitrogen and oxygen atoms in total. The maximum Gasteiger partial charge on any atom is 0.251 e. The largest absolute Gasteiger partial charge is 0.350 e. The van der Waals surface area contributed by atoms with Crippen LogP contribution in [0.5, 0.6) is 0 Å². The van der Waals surface area contributed by atoms with Crippen LogP contribution in [0, 0.1) is 0 Å². The van der Waals surface area contributed by atoms with Gasteiger partial charge in [-0.3, -0.25) is 9.59 Å². The lowest BCUT2D eigenvalue weighted by Crippen LogP contribution is -2.30. The molecule has 1 aromatic carbocycles. The van der Waals surface area contributed by atoms with E-state index in [1.54, 1.807) is 11.0 Å². The van der Waals surface area contributed by atoms with Crippen LogP contribution in [0.1, 0.15) is 36.7 Å². The highest BCUT2D eigenvalue weighted by Crippen LogP contribution is 2.29. The lowest BCUT2D eigenvalue weighted by Gasteiger charge is -2.15. The summed E-state index contributed by atoms with van der Waals surface area (Å²) in [4.78, 5) is 25.4. The first kappa shape index (κ1) is 12.6. The molecule has 0 fully saturated rings. The van der Waals surface area contributed by atoms with E-state index in [0.717, 1.165) is 11.3 Å². The zero-order valence-corrected chi connectivity index (χ0v) is 11.0. The molecule has 2 rings (SSSR count). The molecule has 0 aromatic heterocycles. The van der Waals surface area contributed by atoms with Gasteiger partial charge in [-0.15, -0.1) is 0 Å². The van der Waals surface area contributed by atoms with Gasteiger partial charge >= 0.3 is 0 Å². The minimum absolute atomic E-state index is 0.0878. The van der Waals surface area contributed by atoms with Crippen LogP contribution in [0.3, 0.4) is 0 Å². The predicted molar refractivity (Wildman–Crippen MR) is 70.8 cm³/mol. The molecular weight excluding hydrogens is 228 g/mol. The van der Waals surface area contributed by atoms with Crippen molar-refractivity contribution in [2.45, 2.75) is 33.2 Å². The molecule has 0 saturated heterocycles. The van der Waals surface area contributed by atoms with Gasteiger partial charge in [-0.1, -0.05) is 0 Å². The number of rotatable bonds is 3. The van der Waals surface area contributed by atoms with E-state index in [0.29, 0.717) is 18.5 Å². The van der Waals surface area contributed by atoms with Gasteiger partial charge in [-0.25, -0.2) is 0 Å². The number of nitrogens with one attached hydrogen (secondary N) is 1. The van der Waals surface area contributed by atoms with Gasteiger partial charge < -0.3 is 10.2 Å². The molecule has 96 valence electrons. The first-order valence-corrected chi connectivity index (χ1v) is 6.27. The Morgan fingerprint density at radius 2 is 2.17 bits per heavy atom. The van der Waals surface area contributed by atoms with E-state index < -0.39 is 0 Å². The van der Waals surface area contributed by atoms with E-state index in [4.69, 9.17) is 0 Å². The SMILES string of the molecule is CCN1C(=O)Cc2cc(C(=O)NC(C)C)ccc21. The fourth-order valence-corrected chi connectivity index (χ4v) is 2.22. The zero-order valence-electron chi connectivity index (χ0n) is 11.0. The Labute approximate surface area is 107 Å². The van der Waals surface area contributed by atoms with Crippen molar-refractivity contribution in [3.63, 3.8) is 0 Å². The number of hydrogen-bond donors (Lipinski definition) is 1. The molecule has 4 heteroatoms. The summed E-state index contributed by atoms with van der Waals surface area (Å²) < 4.78 is 0. The van der Waals surface area contributed by atoms with Crippen LogP contribution < -0.4 is 10.2 Å². The van der Waals surface area contributed by atoms with Crippen molar-refractivity contribution in [3.05, 3.63) is 29.3 Å². The Morgan fingerprint density at radius 1 is 1.44 bits per heavy atom. The van der Waals surface area contributed by atoms with Crippen molar-refractivity contribution in [2.24, 2.45) is 0 Å².